The summed E-state index contributed by atoms with van der Waals surface area (Å²) in [5, 5.41) is 5.85. The number of benzene rings is 6. The van der Waals surface area contributed by atoms with Crippen molar-refractivity contribution in [2.45, 2.75) is 0 Å². The van der Waals surface area contributed by atoms with Gasteiger partial charge in [0, 0.05) is 38.3 Å². The lowest BCUT2D eigenvalue weighted by Gasteiger charge is -2.10. The number of aromatic amines is 1. The Morgan fingerprint density at radius 3 is 2.17 bits per heavy atom. The molecule has 2 aromatic heterocycles. The van der Waals surface area contributed by atoms with E-state index in [9.17, 15) is 2.74 Å². The van der Waals surface area contributed by atoms with Crippen molar-refractivity contribution in [1.82, 2.24) is 9.55 Å². The summed E-state index contributed by atoms with van der Waals surface area (Å²) >= 11 is 0. The molecule has 0 aliphatic heterocycles. The Balaban J connectivity index is 1.54. The minimum absolute atomic E-state index is 0.00635. The molecule has 2 heterocycles. The summed E-state index contributed by atoms with van der Waals surface area (Å²) in [6.45, 7) is 0. The highest BCUT2D eigenvalue weighted by Gasteiger charge is 2.17. The van der Waals surface area contributed by atoms with E-state index in [1.165, 1.54) is 0 Å². The lowest BCUT2D eigenvalue weighted by atomic mass is 10.0. The normalized spacial score (nSPS) is 15.4. The summed E-state index contributed by atoms with van der Waals surface area (Å²) in [4.78, 5) is 3.47. The van der Waals surface area contributed by atoms with Gasteiger partial charge < -0.3 is 9.55 Å². The minimum atomic E-state index is -0.608. The summed E-state index contributed by atoms with van der Waals surface area (Å²) in [6.07, 6.45) is 0. The standard InChI is InChI=1S/C34H22N2/c1-2-8-22(9-3-1)23-14-17-25(18-15-23)36-32-19-16-24-10-4-5-11-26(24)34(32)29-20-28-27-12-6-7-13-30(27)35-31(28)21-33(29)36/h1-21,35H/i1D,2D,3D,8D,9D,14D,15D,17D,18D. The van der Waals surface area contributed by atoms with Crippen LogP contribution in [0.25, 0.3) is 71.2 Å². The van der Waals surface area contributed by atoms with Gasteiger partial charge in [-0.15, -0.1) is 0 Å². The summed E-state index contributed by atoms with van der Waals surface area (Å²) < 4.78 is 79.2. The molecule has 0 bridgehead atoms. The van der Waals surface area contributed by atoms with Crippen LogP contribution in [0.3, 0.4) is 0 Å². The predicted octanol–water partition coefficient (Wildman–Crippen LogP) is 9.24. The highest BCUT2D eigenvalue weighted by atomic mass is 15.0. The van der Waals surface area contributed by atoms with E-state index in [2.05, 4.69) is 17.1 Å². The van der Waals surface area contributed by atoms with Crippen LogP contribution in [-0.4, -0.2) is 9.55 Å². The van der Waals surface area contributed by atoms with Gasteiger partial charge in [-0.05, 0) is 58.2 Å². The molecule has 0 fully saturated rings. The van der Waals surface area contributed by atoms with Gasteiger partial charge in [0.25, 0.3) is 0 Å². The van der Waals surface area contributed by atoms with E-state index in [1.54, 1.807) is 4.57 Å². The number of hydrogen-bond acceptors (Lipinski definition) is 0. The number of aromatic nitrogens is 2. The first-order valence-corrected chi connectivity index (χ1v) is 11.6. The third kappa shape index (κ3) is 2.73. The van der Waals surface area contributed by atoms with Gasteiger partial charge in [0.05, 0.1) is 23.4 Å². The molecular weight excluding hydrogens is 436 g/mol. The van der Waals surface area contributed by atoms with E-state index in [4.69, 9.17) is 9.60 Å². The van der Waals surface area contributed by atoms with Crippen LogP contribution in [0.5, 0.6) is 0 Å². The van der Waals surface area contributed by atoms with Crippen LogP contribution in [0.15, 0.2) is 127 Å². The number of H-pyrrole nitrogens is 1. The fourth-order valence-electron chi connectivity index (χ4n) is 5.29. The fraction of sp³-hybridized carbons (Fsp3) is 0. The second-order valence-electron chi connectivity index (χ2n) is 8.83. The molecule has 8 aromatic rings. The van der Waals surface area contributed by atoms with Crippen molar-refractivity contribution in [3.63, 3.8) is 0 Å². The summed E-state index contributed by atoms with van der Waals surface area (Å²) in [6, 6.07) is 19.2. The highest BCUT2D eigenvalue weighted by Crippen LogP contribution is 2.40. The fourth-order valence-corrected chi connectivity index (χ4v) is 5.29. The van der Waals surface area contributed by atoms with E-state index in [-0.39, 0.29) is 28.9 Å². The van der Waals surface area contributed by atoms with Gasteiger partial charge in [-0.25, -0.2) is 0 Å². The Kier molecular flexibility index (Phi) is 2.60. The van der Waals surface area contributed by atoms with Crippen LogP contribution < -0.4 is 0 Å². The predicted molar refractivity (Wildman–Crippen MR) is 153 cm³/mol. The van der Waals surface area contributed by atoms with Gasteiger partial charge in [0.15, 0.2) is 0 Å². The number of nitrogens with zero attached hydrogens (tertiary/aromatic N) is 1. The van der Waals surface area contributed by atoms with Crippen molar-refractivity contribution in [3.8, 4) is 16.8 Å². The van der Waals surface area contributed by atoms with Crippen molar-refractivity contribution in [3.05, 3.63) is 127 Å². The molecule has 0 saturated heterocycles. The lowest BCUT2D eigenvalue weighted by molar-refractivity contribution is 1.18. The van der Waals surface area contributed by atoms with Gasteiger partial charge in [0.1, 0.15) is 0 Å². The molecule has 0 aliphatic carbocycles. The molecule has 2 nitrogen and oxygen atoms in total. The van der Waals surface area contributed by atoms with Crippen LogP contribution in [0.4, 0.5) is 0 Å². The number of fused-ring (bicyclic) bond motifs is 8. The summed E-state index contributed by atoms with van der Waals surface area (Å²) in [5.74, 6) is 0. The minimum Gasteiger partial charge on any atom is -0.354 e. The van der Waals surface area contributed by atoms with Gasteiger partial charge in [-0.2, -0.15) is 0 Å². The van der Waals surface area contributed by atoms with E-state index in [0.29, 0.717) is 11.0 Å². The Hall–Kier alpha value is -4.82. The first-order valence-electron chi connectivity index (χ1n) is 16.1. The summed E-state index contributed by atoms with van der Waals surface area (Å²) in [7, 11) is 0. The van der Waals surface area contributed by atoms with Crippen LogP contribution in [-0.2, 0) is 0 Å². The van der Waals surface area contributed by atoms with Crippen molar-refractivity contribution in [1.29, 1.82) is 0 Å². The van der Waals surface area contributed by atoms with Crippen molar-refractivity contribution >= 4 is 54.4 Å². The topological polar surface area (TPSA) is 20.7 Å². The lowest BCUT2D eigenvalue weighted by Crippen LogP contribution is -1.94. The summed E-state index contributed by atoms with van der Waals surface area (Å²) in [5.41, 5.74) is 2.49. The molecule has 0 saturated carbocycles. The first kappa shape index (κ1) is 12.8. The second-order valence-corrected chi connectivity index (χ2v) is 8.83. The molecule has 0 radical (unpaired) electrons. The molecule has 0 unspecified atom stereocenters. The highest BCUT2D eigenvalue weighted by molar-refractivity contribution is 6.25. The largest absolute Gasteiger partial charge is 0.354 e. The van der Waals surface area contributed by atoms with E-state index in [0.717, 1.165) is 43.4 Å². The molecule has 0 spiro atoms. The average molecular weight is 468 g/mol. The van der Waals surface area contributed by atoms with Gasteiger partial charge in [-0.1, -0.05) is 90.8 Å². The van der Waals surface area contributed by atoms with Crippen LogP contribution in [0.1, 0.15) is 12.3 Å². The van der Waals surface area contributed by atoms with Crippen molar-refractivity contribution < 1.29 is 12.3 Å². The maximum Gasteiger partial charge on any atom is 0.0645 e. The average Bonchev–Trinajstić information content (AvgIpc) is 3.57. The Morgan fingerprint density at radius 2 is 1.31 bits per heavy atom. The monoisotopic (exact) mass is 467 g/mol. The zero-order valence-electron chi connectivity index (χ0n) is 27.9. The molecule has 2 heteroatoms. The Bertz CT molecular complexity index is 2540. The number of nitrogens with one attached hydrogen (secondary N) is 1. The first-order chi connectivity index (χ1) is 21.6. The molecule has 168 valence electrons. The number of para-hydroxylation sites is 1. The molecular formula is C34H22N2. The second kappa shape index (κ2) is 7.34. The Labute approximate surface area is 220 Å². The molecule has 0 aliphatic rings. The van der Waals surface area contributed by atoms with Gasteiger partial charge >= 0.3 is 0 Å². The molecule has 36 heavy (non-hydrogen) atoms. The zero-order chi connectivity index (χ0) is 31.5. The smallest absolute Gasteiger partial charge is 0.0645 e. The quantitative estimate of drug-likeness (QED) is 0.261. The van der Waals surface area contributed by atoms with Crippen LogP contribution in [0.2, 0.25) is 0 Å². The van der Waals surface area contributed by atoms with E-state index < -0.39 is 42.3 Å². The SMILES string of the molecule is [2H]c1c([2H])c([2H])c(-c2c([2H])c([2H])c(-n3c4cc5[nH]c6ccccc6c5cc4c4c5ccccc5ccc43)c([2H])c2[2H])c([2H])c1[2H]. The van der Waals surface area contributed by atoms with Crippen molar-refractivity contribution in [2.24, 2.45) is 0 Å². The van der Waals surface area contributed by atoms with Gasteiger partial charge in [0.2, 0.25) is 0 Å². The van der Waals surface area contributed by atoms with E-state index in [1.807, 2.05) is 60.7 Å². The molecule has 0 amide bonds. The molecule has 8 rings (SSSR count). The number of hydrogen-bond donors (Lipinski definition) is 1. The third-order valence-corrected chi connectivity index (χ3v) is 6.87. The third-order valence-electron chi connectivity index (χ3n) is 6.87. The van der Waals surface area contributed by atoms with Crippen LogP contribution >= 0.6 is 0 Å². The Morgan fingerprint density at radius 1 is 0.556 bits per heavy atom. The zero-order valence-corrected chi connectivity index (χ0v) is 18.9. The number of rotatable bonds is 2. The molecule has 6 aromatic carbocycles. The van der Waals surface area contributed by atoms with E-state index >= 15 is 0 Å². The van der Waals surface area contributed by atoms with Crippen LogP contribution in [0, 0.1) is 0 Å². The molecule has 1 N–H and O–H groups in total. The van der Waals surface area contributed by atoms with Gasteiger partial charge in [-0.3, -0.25) is 0 Å². The maximum absolute atomic E-state index is 9.18. The van der Waals surface area contributed by atoms with Crippen molar-refractivity contribution in [2.75, 3.05) is 0 Å². The molecule has 0 atom stereocenters. The maximum atomic E-state index is 9.18.